The molecule has 0 unspecified atom stereocenters. The number of rotatable bonds is 12. The van der Waals surface area contributed by atoms with E-state index in [1.165, 1.54) is 17.6 Å². The summed E-state index contributed by atoms with van der Waals surface area (Å²) in [6, 6.07) is 4.05. The van der Waals surface area contributed by atoms with Crippen LogP contribution in [-0.4, -0.2) is 39.8 Å². The maximum atomic E-state index is 5.65. The van der Waals surface area contributed by atoms with Crippen molar-refractivity contribution in [3.05, 3.63) is 17.7 Å². The third kappa shape index (κ3) is 6.22. The summed E-state index contributed by atoms with van der Waals surface area (Å²) in [6.07, 6.45) is 3.11. The molecule has 0 saturated heterocycles. The molecule has 0 amide bonds. The second kappa shape index (κ2) is 10.8. The Labute approximate surface area is 142 Å². The van der Waals surface area contributed by atoms with Gasteiger partial charge in [0.25, 0.3) is 0 Å². The van der Waals surface area contributed by atoms with Crippen molar-refractivity contribution in [1.82, 2.24) is 0 Å². The zero-order chi connectivity index (χ0) is 16.3. The molecular formula is C17H26O5S. The lowest BCUT2D eigenvalue weighted by atomic mass is 10.1. The number of ether oxygens (including phenoxy) is 4. The van der Waals surface area contributed by atoms with Crippen LogP contribution in [0, 0.1) is 0 Å². The molecule has 0 N–H and O–H groups in total. The van der Waals surface area contributed by atoms with E-state index in [4.69, 9.17) is 23.1 Å². The van der Waals surface area contributed by atoms with Crippen molar-refractivity contribution in [2.45, 2.75) is 38.0 Å². The van der Waals surface area contributed by atoms with E-state index in [2.05, 4.69) is 19.9 Å². The van der Waals surface area contributed by atoms with E-state index in [1.807, 2.05) is 6.07 Å². The van der Waals surface area contributed by atoms with Crippen LogP contribution < -0.4 is 9.47 Å². The van der Waals surface area contributed by atoms with Crippen molar-refractivity contribution >= 4 is 12.0 Å². The van der Waals surface area contributed by atoms with Crippen LogP contribution in [0.2, 0.25) is 0 Å². The van der Waals surface area contributed by atoms with E-state index in [0.717, 1.165) is 42.3 Å². The van der Waals surface area contributed by atoms with Gasteiger partial charge in [-0.2, -0.15) is 0 Å². The summed E-state index contributed by atoms with van der Waals surface area (Å²) in [5.74, 6) is 1.62. The fourth-order valence-corrected chi connectivity index (χ4v) is 2.87. The van der Waals surface area contributed by atoms with Crippen molar-refractivity contribution < 1.29 is 23.1 Å². The minimum absolute atomic E-state index is 0.295. The van der Waals surface area contributed by atoms with Crippen LogP contribution in [0.4, 0.5) is 0 Å². The molecule has 0 atom stereocenters. The van der Waals surface area contributed by atoms with E-state index in [0.29, 0.717) is 33.2 Å². The maximum Gasteiger partial charge on any atom is 0.231 e. The van der Waals surface area contributed by atoms with Gasteiger partial charge in [0.2, 0.25) is 6.79 Å². The minimum atomic E-state index is 0.295. The van der Waals surface area contributed by atoms with Crippen LogP contribution in [0.25, 0.3) is 0 Å². The van der Waals surface area contributed by atoms with Crippen molar-refractivity contribution in [3.8, 4) is 11.5 Å². The first kappa shape index (κ1) is 18.4. The van der Waals surface area contributed by atoms with Crippen molar-refractivity contribution in [2.24, 2.45) is 0 Å². The SMILES string of the molecule is CCCOCCOCCOSc1cc2c(cc1CCC)OCO2. The lowest BCUT2D eigenvalue weighted by Crippen LogP contribution is -2.08. The molecule has 5 nitrogen and oxygen atoms in total. The summed E-state index contributed by atoms with van der Waals surface area (Å²) in [5.41, 5.74) is 1.23. The Morgan fingerprint density at radius 1 is 0.913 bits per heavy atom. The molecule has 0 saturated carbocycles. The van der Waals surface area contributed by atoms with Gasteiger partial charge in [0.1, 0.15) is 0 Å². The van der Waals surface area contributed by atoms with E-state index >= 15 is 0 Å². The van der Waals surface area contributed by atoms with E-state index in [-0.39, 0.29) is 0 Å². The summed E-state index contributed by atoms with van der Waals surface area (Å²) in [5, 5.41) is 0. The van der Waals surface area contributed by atoms with Crippen LogP contribution in [0.5, 0.6) is 11.5 Å². The van der Waals surface area contributed by atoms with Crippen LogP contribution >= 0.6 is 12.0 Å². The third-order valence-electron chi connectivity index (χ3n) is 3.26. The first-order chi connectivity index (χ1) is 11.3. The number of fused-ring (bicyclic) bond motifs is 1. The Morgan fingerprint density at radius 3 is 2.35 bits per heavy atom. The summed E-state index contributed by atoms with van der Waals surface area (Å²) in [6.45, 7) is 7.70. The number of hydrogen-bond acceptors (Lipinski definition) is 6. The highest BCUT2D eigenvalue weighted by atomic mass is 32.2. The molecular weight excluding hydrogens is 316 g/mol. The van der Waals surface area contributed by atoms with Crippen molar-refractivity contribution in [1.29, 1.82) is 0 Å². The number of aryl methyl sites for hydroxylation is 1. The van der Waals surface area contributed by atoms with Crippen LogP contribution in [0.3, 0.4) is 0 Å². The van der Waals surface area contributed by atoms with Crippen LogP contribution in [0.15, 0.2) is 17.0 Å². The molecule has 1 aromatic rings. The molecule has 130 valence electrons. The van der Waals surface area contributed by atoms with Gasteiger partial charge in [0.05, 0.1) is 26.4 Å². The predicted molar refractivity (Wildman–Crippen MR) is 90.3 cm³/mol. The summed E-state index contributed by atoms with van der Waals surface area (Å²) in [7, 11) is 0. The third-order valence-corrected chi connectivity index (χ3v) is 4.10. The molecule has 0 radical (unpaired) electrons. The summed E-state index contributed by atoms with van der Waals surface area (Å²) < 4.78 is 27.3. The molecule has 6 heteroatoms. The minimum Gasteiger partial charge on any atom is -0.454 e. The fourth-order valence-electron chi connectivity index (χ4n) is 2.17. The first-order valence-corrected chi connectivity index (χ1v) is 8.96. The van der Waals surface area contributed by atoms with Crippen LogP contribution in [0.1, 0.15) is 32.3 Å². The number of hydrogen-bond donors (Lipinski definition) is 0. The molecule has 2 rings (SSSR count). The molecule has 1 aromatic carbocycles. The first-order valence-electron chi connectivity index (χ1n) is 8.22. The summed E-state index contributed by atoms with van der Waals surface area (Å²) in [4.78, 5) is 1.09. The van der Waals surface area contributed by atoms with Gasteiger partial charge >= 0.3 is 0 Å². The Kier molecular flexibility index (Phi) is 8.60. The van der Waals surface area contributed by atoms with Gasteiger partial charge in [-0.25, -0.2) is 0 Å². The second-order valence-corrected chi connectivity index (χ2v) is 6.04. The average Bonchev–Trinajstić information content (AvgIpc) is 3.01. The molecule has 1 heterocycles. The van der Waals surface area contributed by atoms with Crippen molar-refractivity contribution in [3.63, 3.8) is 0 Å². The van der Waals surface area contributed by atoms with Gasteiger partial charge in [0, 0.05) is 29.6 Å². The van der Waals surface area contributed by atoms with Gasteiger partial charge in [-0.1, -0.05) is 20.3 Å². The monoisotopic (exact) mass is 342 g/mol. The molecule has 1 aliphatic heterocycles. The zero-order valence-electron chi connectivity index (χ0n) is 14.0. The van der Waals surface area contributed by atoms with Gasteiger partial charge in [-0.3, -0.25) is 0 Å². The maximum absolute atomic E-state index is 5.65. The smallest absolute Gasteiger partial charge is 0.231 e. The number of benzene rings is 1. The lowest BCUT2D eigenvalue weighted by Gasteiger charge is -2.10. The van der Waals surface area contributed by atoms with Gasteiger partial charge < -0.3 is 23.1 Å². The highest BCUT2D eigenvalue weighted by Gasteiger charge is 2.17. The van der Waals surface area contributed by atoms with E-state index < -0.39 is 0 Å². The van der Waals surface area contributed by atoms with Gasteiger partial charge in [-0.05, 0) is 24.5 Å². The van der Waals surface area contributed by atoms with Crippen molar-refractivity contribution in [2.75, 3.05) is 39.8 Å². The largest absolute Gasteiger partial charge is 0.454 e. The molecule has 1 aliphatic rings. The second-order valence-electron chi connectivity index (χ2n) is 5.19. The highest BCUT2D eigenvalue weighted by Crippen LogP contribution is 2.39. The fraction of sp³-hybridized carbons (Fsp3) is 0.647. The average molecular weight is 342 g/mol. The van der Waals surface area contributed by atoms with Crippen LogP contribution in [-0.2, 0) is 20.1 Å². The summed E-state index contributed by atoms with van der Waals surface area (Å²) >= 11 is 1.38. The van der Waals surface area contributed by atoms with E-state index in [1.54, 1.807) is 0 Å². The Hall–Kier alpha value is -0.950. The Bertz CT molecular complexity index is 467. The molecule has 0 spiro atoms. The molecule has 0 aliphatic carbocycles. The van der Waals surface area contributed by atoms with Gasteiger partial charge in [-0.15, -0.1) is 0 Å². The highest BCUT2D eigenvalue weighted by molar-refractivity contribution is 7.94. The Balaban J connectivity index is 1.68. The normalized spacial score (nSPS) is 12.8. The topological polar surface area (TPSA) is 46.2 Å². The van der Waals surface area contributed by atoms with Gasteiger partial charge in [0.15, 0.2) is 11.5 Å². The molecule has 0 aromatic heterocycles. The zero-order valence-corrected chi connectivity index (χ0v) is 14.8. The Morgan fingerprint density at radius 2 is 1.61 bits per heavy atom. The molecule has 23 heavy (non-hydrogen) atoms. The lowest BCUT2D eigenvalue weighted by molar-refractivity contribution is 0.0388. The quantitative estimate of drug-likeness (QED) is 0.425. The van der Waals surface area contributed by atoms with E-state index in [9.17, 15) is 0 Å². The molecule has 0 bridgehead atoms. The standard InChI is InChI=1S/C17H26O5S/c1-3-5-14-11-15-16(21-13-20-15)12-17(14)23-22-10-9-19-8-7-18-6-4-2/h11-12H,3-10,13H2,1-2H3. The predicted octanol–water partition coefficient (Wildman–Crippen LogP) is 3.83. The molecule has 0 fully saturated rings.